The first-order valence-corrected chi connectivity index (χ1v) is 6.35. The molecule has 0 aliphatic carbocycles. The Morgan fingerprint density at radius 3 is 2.25 bits per heavy atom. The SMILES string of the molecule is Nc1nc(N)nc(Nc2cccc(S(=O)(=O)[O-])c2)n1.[Na+]. The number of hydrogen-bond acceptors (Lipinski definition) is 9. The van der Waals surface area contributed by atoms with Crippen LogP contribution in [-0.4, -0.2) is 27.9 Å². The van der Waals surface area contributed by atoms with Crippen LogP contribution in [0.3, 0.4) is 0 Å². The van der Waals surface area contributed by atoms with Crippen LogP contribution in [0.1, 0.15) is 0 Å². The number of nitrogens with one attached hydrogen (secondary N) is 1. The number of benzene rings is 1. The van der Waals surface area contributed by atoms with Crippen LogP contribution in [0.5, 0.6) is 0 Å². The second-order valence-electron chi connectivity index (χ2n) is 3.48. The summed E-state index contributed by atoms with van der Waals surface area (Å²) in [5.41, 5.74) is 11.1. The smallest absolute Gasteiger partial charge is 0.744 e. The van der Waals surface area contributed by atoms with E-state index in [0.29, 0.717) is 5.69 Å². The third-order valence-electron chi connectivity index (χ3n) is 2.05. The number of anilines is 4. The Kier molecular flexibility index (Phi) is 5.25. The van der Waals surface area contributed by atoms with E-state index in [1.54, 1.807) is 0 Å². The summed E-state index contributed by atoms with van der Waals surface area (Å²) in [5, 5.41) is 2.67. The molecule has 100 valence electrons. The molecule has 20 heavy (non-hydrogen) atoms. The molecule has 1 aromatic heterocycles. The molecule has 0 aliphatic rings. The summed E-state index contributed by atoms with van der Waals surface area (Å²) in [6, 6.07) is 5.27. The van der Waals surface area contributed by atoms with E-state index in [0.717, 1.165) is 6.07 Å². The topological polar surface area (TPSA) is 160 Å². The fraction of sp³-hybridized carbons (Fsp3) is 0. The van der Waals surface area contributed by atoms with Crippen molar-refractivity contribution in [2.45, 2.75) is 4.90 Å². The normalized spacial score (nSPS) is 10.7. The summed E-state index contributed by atoms with van der Waals surface area (Å²) in [4.78, 5) is 10.7. The Hall–Kier alpha value is -1.46. The molecule has 0 unspecified atom stereocenters. The van der Waals surface area contributed by atoms with Crippen molar-refractivity contribution >= 4 is 33.7 Å². The van der Waals surface area contributed by atoms with E-state index in [9.17, 15) is 13.0 Å². The van der Waals surface area contributed by atoms with Gasteiger partial charge in [-0.05, 0) is 18.2 Å². The molecule has 0 aliphatic heterocycles. The molecular formula is C9H9N6NaO3S. The van der Waals surface area contributed by atoms with Gasteiger partial charge in [-0.25, -0.2) is 8.42 Å². The molecule has 2 aromatic rings. The fourth-order valence-corrected chi connectivity index (χ4v) is 1.84. The zero-order valence-corrected chi connectivity index (χ0v) is 13.3. The molecular weight excluding hydrogens is 295 g/mol. The molecule has 5 N–H and O–H groups in total. The van der Waals surface area contributed by atoms with Gasteiger partial charge in [-0.15, -0.1) is 0 Å². The van der Waals surface area contributed by atoms with Gasteiger partial charge in [-0.1, -0.05) is 6.07 Å². The van der Waals surface area contributed by atoms with E-state index in [1.165, 1.54) is 18.2 Å². The average molecular weight is 304 g/mol. The van der Waals surface area contributed by atoms with Gasteiger partial charge in [0.05, 0.1) is 4.90 Å². The maximum atomic E-state index is 10.9. The summed E-state index contributed by atoms with van der Waals surface area (Å²) in [7, 11) is -4.53. The average Bonchev–Trinajstić information content (AvgIpc) is 2.26. The van der Waals surface area contributed by atoms with Crippen molar-refractivity contribution in [3.05, 3.63) is 24.3 Å². The van der Waals surface area contributed by atoms with E-state index in [-0.39, 0.29) is 52.3 Å². The van der Waals surface area contributed by atoms with Gasteiger partial charge in [0.25, 0.3) is 0 Å². The molecule has 2 rings (SSSR count). The van der Waals surface area contributed by atoms with Crippen LogP contribution < -0.4 is 46.3 Å². The van der Waals surface area contributed by atoms with E-state index in [1.807, 2.05) is 0 Å². The maximum Gasteiger partial charge on any atom is 1.00 e. The van der Waals surface area contributed by atoms with Gasteiger partial charge >= 0.3 is 29.6 Å². The van der Waals surface area contributed by atoms with E-state index in [4.69, 9.17) is 11.5 Å². The monoisotopic (exact) mass is 304 g/mol. The predicted molar refractivity (Wildman–Crippen MR) is 66.3 cm³/mol. The molecule has 1 heterocycles. The quantitative estimate of drug-likeness (QED) is 0.389. The molecule has 0 fully saturated rings. The molecule has 0 amide bonds. The molecule has 0 saturated heterocycles. The molecule has 0 saturated carbocycles. The van der Waals surface area contributed by atoms with Crippen LogP contribution in [0.15, 0.2) is 29.2 Å². The van der Waals surface area contributed by atoms with Gasteiger partial charge in [-0.2, -0.15) is 15.0 Å². The van der Waals surface area contributed by atoms with Gasteiger partial charge in [-0.3, -0.25) is 0 Å². The van der Waals surface area contributed by atoms with Gasteiger partial charge in [0.15, 0.2) is 0 Å². The van der Waals surface area contributed by atoms with Crippen molar-refractivity contribution in [3.63, 3.8) is 0 Å². The third kappa shape index (κ3) is 4.28. The Labute approximate surface area is 136 Å². The van der Waals surface area contributed by atoms with Crippen LogP contribution in [0.2, 0.25) is 0 Å². The summed E-state index contributed by atoms with van der Waals surface area (Å²) in [5.74, 6) is -0.115. The van der Waals surface area contributed by atoms with Crippen molar-refractivity contribution in [1.82, 2.24) is 15.0 Å². The fourth-order valence-electron chi connectivity index (χ4n) is 1.32. The van der Waals surface area contributed by atoms with E-state index in [2.05, 4.69) is 20.3 Å². The number of rotatable bonds is 3. The molecule has 0 radical (unpaired) electrons. The van der Waals surface area contributed by atoms with Crippen LogP contribution in [0.4, 0.5) is 23.5 Å². The summed E-state index contributed by atoms with van der Waals surface area (Å²) >= 11 is 0. The number of aromatic nitrogens is 3. The van der Waals surface area contributed by atoms with Crippen LogP contribution >= 0.6 is 0 Å². The summed E-state index contributed by atoms with van der Waals surface area (Å²) in [6.07, 6.45) is 0. The van der Waals surface area contributed by atoms with Gasteiger partial charge in [0.1, 0.15) is 10.1 Å². The van der Waals surface area contributed by atoms with Gasteiger partial charge in [0, 0.05) is 5.69 Å². The largest absolute Gasteiger partial charge is 1.00 e. The first kappa shape index (κ1) is 16.6. The second-order valence-corrected chi connectivity index (χ2v) is 4.86. The molecule has 1 aromatic carbocycles. The zero-order valence-electron chi connectivity index (χ0n) is 10.4. The standard InChI is InChI=1S/C9H10N6O3S.Na/c10-7-13-8(11)15-9(14-7)12-5-2-1-3-6(4-5)19(16,17)18;/h1-4H,(H,16,17,18)(H5,10,11,12,13,14,15);/q;+1/p-1. The van der Waals surface area contributed by atoms with Crippen molar-refractivity contribution in [1.29, 1.82) is 0 Å². The molecule has 0 atom stereocenters. The zero-order chi connectivity index (χ0) is 14.0. The Morgan fingerprint density at radius 2 is 1.70 bits per heavy atom. The Bertz CT molecular complexity index is 703. The first-order chi connectivity index (χ1) is 8.84. The Balaban J connectivity index is 0.00000200. The minimum Gasteiger partial charge on any atom is -0.744 e. The number of nitrogen functional groups attached to an aromatic ring is 2. The Morgan fingerprint density at radius 1 is 1.10 bits per heavy atom. The van der Waals surface area contributed by atoms with Crippen molar-refractivity contribution in [3.8, 4) is 0 Å². The summed E-state index contributed by atoms with van der Waals surface area (Å²) in [6.45, 7) is 0. The molecule has 0 spiro atoms. The molecule has 11 heteroatoms. The predicted octanol–water partition coefficient (Wildman–Crippen LogP) is -3.31. The van der Waals surface area contributed by atoms with E-state index < -0.39 is 10.1 Å². The number of hydrogen-bond donors (Lipinski definition) is 3. The number of nitrogens with zero attached hydrogens (tertiary/aromatic N) is 3. The second kappa shape index (κ2) is 6.33. The first-order valence-electron chi connectivity index (χ1n) is 4.94. The van der Waals surface area contributed by atoms with Crippen LogP contribution in [-0.2, 0) is 10.1 Å². The van der Waals surface area contributed by atoms with Gasteiger partial charge < -0.3 is 21.3 Å². The minimum absolute atomic E-state index is 0. The van der Waals surface area contributed by atoms with Gasteiger partial charge in [0.2, 0.25) is 17.8 Å². The third-order valence-corrected chi connectivity index (χ3v) is 2.88. The molecule has 9 nitrogen and oxygen atoms in total. The van der Waals surface area contributed by atoms with Crippen LogP contribution in [0, 0.1) is 0 Å². The van der Waals surface area contributed by atoms with Crippen molar-refractivity contribution < 1.29 is 42.5 Å². The molecule has 0 bridgehead atoms. The number of nitrogens with two attached hydrogens (primary N) is 2. The maximum absolute atomic E-state index is 10.9. The minimum atomic E-state index is -4.53. The van der Waals surface area contributed by atoms with Crippen molar-refractivity contribution in [2.24, 2.45) is 0 Å². The van der Waals surface area contributed by atoms with Crippen molar-refractivity contribution in [2.75, 3.05) is 16.8 Å². The van der Waals surface area contributed by atoms with Crippen LogP contribution in [0.25, 0.3) is 0 Å². The van der Waals surface area contributed by atoms with E-state index >= 15 is 0 Å². The summed E-state index contributed by atoms with van der Waals surface area (Å²) < 4.78 is 32.6.